The molecule has 0 saturated heterocycles. The molecule has 3 aromatic carbocycles. The SMILES string of the molecule is Cc1ccc(F)cc1C(=O)Nc1ccc(C(=O)N2CC3=CCC(=O)N3Cc3ccccc32)c(Cl)c1. The minimum Gasteiger partial charge on any atom is -0.322 e. The Morgan fingerprint density at radius 2 is 1.80 bits per heavy atom. The van der Waals surface area contributed by atoms with Gasteiger partial charge in [-0.3, -0.25) is 14.4 Å². The number of carbonyl (C=O) groups excluding carboxylic acids is 3. The molecule has 3 amide bonds. The van der Waals surface area contributed by atoms with Gasteiger partial charge in [0.15, 0.2) is 0 Å². The first-order valence-electron chi connectivity index (χ1n) is 11.1. The van der Waals surface area contributed by atoms with Crippen LogP contribution in [0, 0.1) is 12.7 Å². The second-order valence-corrected chi connectivity index (χ2v) is 8.91. The van der Waals surface area contributed by atoms with Crippen LogP contribution in [0.4, 0.5) is 15.8 Å². The van der Waals surface area contributed by atoms with Gasteiger partial charge >= 0.3 is 0 Å². The molecule has 0 bridgehead atoms. The number of halogens is 2. The van der Waals surface area contributed by atoms with Crippen molar-refractivity contribution in [2.75, 3.05) is 16.8 Å². The van der Waals surface area contributed by atoms with Gasteiger partial charge in [-0.05, 0) is 54.4 Å². The first-order chi connectivity index (χ1) is 16.8. The van der Waals surface area contributed by atoms with E-state index < -0.39 is 11.7 Å². The maximum atomic E-state index is 13.6. The van der Waals surface area contributed by atoms with Gasteiger partial charge in [0.25, 0.3) is 11.8 Å². The van der Waals surface area contributed by atoms with Crippen LogP contribution in [0.3, 0.4) is 0 Å². The molecule has 0 fully saturated rings. The summed E-state index contributed by atoms with van der Waals surface area (Å²) in [6.07, 6.45) is 2.17. The molecule has 8 heteroatoms. The number of anilines is 2. The van der Waals surface area contributed by atoms with E-state index in [9.17, 15) is 18.8 Å². The van der Waals surface area contributed by atoms with Crippen molar-refractivity contribution in [1.82, 2.24) is 4.90 Å². The monoisotopic (exact) mass is 489 g/mol. The van der Waals surface area contributed by atoms with Crippen molar-refractivity contribution in [1.29, 1.82) is 0 Å². The number of nitrogens with one attached hydrogen (secondary N) is 1. The highest BCUT2D eigenvalue weighted by molar-refractivity contribution is 6.35. The average molecular weight is 490 g/mol. The minimum absolute atomic E-state index is 0.00997. The molecule has 0 aliphatic carbocycles. The third-order valence-electron chi connectivity index (χ3n) is 6.24. The van der Waals surface area contributed by atoms with Crippen LogP contribution >= 0.6 is 11.6 Å². The maximum Gasteiger partial charge on any atom is 0.260 e. The van der Waals surface area contributed by atoms with E-state index in [-0.39, 0.29) is 34.5 Å². The van der Waals surface area contributed by atoms with E-state index in [2.05, 4.69) is 5.32 Å². The number of carbonyl (C=O) groups is 3. The predicted octanol–water partition coefficient (Wildman–Crippen LogP) is 5.32. The summed E-state index contributed by atoms with van der Waals surface area (Å²) in [7, 11) is 0. The Morgan fingerprint density at radius 1 is 1.00 bits per heavy atom. The topological polar surface area (TPSA) is 69.7 Å². The highest BCUT2D eigenvalue weighted by atomic mass is 35.5. The molecular formula is C27H21ClFN3O3. The number of aryl methyl sites for hydroxylation is 1. The Bertz CT molecular complexity index is 1420. The lowest BCUT2D eigenvalue weighted by atomic mass is 10.1. The van der Waals surface area contributed by atoms with E-state index in [0.717, 1.165) is 16.9 Å². The average Bonchev–Trinajstić information content (AvgIpc) is 3.08. The Kier molecular flexibility index (Phi) is 5.86. The second kappa shape index (κ2) is 9.00. The van der Waals surface area contributed by atoms with Crippen molar-refractivity contribution >= 4 is 40.7 Å². The van der Waals surface area contributed by atoms with Crippen molar-refractivity contribution in [3.8, 4) is 0 Å². The third kappa shape index (κ3) is 4.31. The molecule has 0 atom stereocenters. The molecule has 2 heterocycles. The quantitative estimate of drug-likeness (QED) is 0.541. The van der Waals surface area contributed by atoms with Crippen LogP contribution in [-0.4, -0.2) is 29.2 Å². The zero-order chi connectivity index (χ0) is 24.7. The number of fused-ring (bicyclic) bond motifs is 2. The lowest BCUT2D eigenvalue weighted by Crippen LogP contribution is -2.34. The lowest BCUT2D eigenvalue weighted by molar-refractivity contribution is -0.127. The summed E-state index contributed by atoms with van der Waals surface area (Å²) in [5.41, 5.74) is 3.86. The van der Waals surface area contributed by atoms with Crippen LogP contribution < -0.4 is 10.2 Å². The first kappa shape index (κ1) is 22.8. The number of hydrogen-bond donors (Lipinski definition) is 1. The molecule has 35 heavy (non-hydrogen) atoms. The van der Waals surface area contributed by atoms with Crippen LogP contribution in [0.1, 0.15) is 38.3 Å². The third-order valence-corrected chi connectivity index (χ3v) is 6.55. The molecule has 0 unspecified atom stereocenters. The molecular weight excluding hydrogens is 469 g/mol. The van der Waals surface area contributed by atoms with E-state index in [1.165, 1.54) is 24.3 Å². The van der Waals surface area contributed by atoms with Crippen molar-refractivity contribution in [3.63, 3.8) is 0 Å². The van der Waals surface area contributed by atoms with E-state index in [1.807, 2.05) is 30.3 Å². The van der Waals surface area contributed by atoms with Crippen LogP contribution in [0.15, 0.2) is 72.4 Å². The Labute approximate surface area is 206 Å². The molecule has 176 valence electrons. The van der Waals surface area contributed by atoms with Gasteiger partial charge in [-0.15, -0.1) is 0 Å². The van der Waals surface area contributed by atoms with Gasteiger partial charge in [-0.25, -0.2) is 4.39 Å². The van der Waals surface area contributed by atoms with Crippen LogP contribution in [0.2, 0.25) is 5.02 Å². The fraction of sp³-hybridized carbons (Fsp3) is 0.148. The Morgan fingerprint density at radius 3 is 2.60 bits per heavy atom. The summed E-state index contributed by atoms with van der Waals surface area (Å²) in [5, 5.41) is 2.87. The smallest absolute Gasteiger partial charge is 0.260 e. The van der Waals surface area contributed by atoms with Gasteiger partial charge in [-0.2, -0.15) is 0 Å². The summed E-state index contributed by atoms with van der Waals surface area (Å²) in [6.45, 7) is 2.37. The number of amides is 3. The van der Waals surface area contributed by atoms with Gasteiger partial charge < -0.3 is 15.1 Å². The first-order valence-corrected chi connectivity index (χ1v) is 11.5. The van der Waals surface area contributed by atoms with Crippen LogP contribution in [0.5, 0.6) is 0 Å². The zero-order valence-corrected chi connectivity index (χ0v) is 19.6. The molecule has 1 N–H and O–H groups in total. The van der Waals surface area contributed by atoms with Gasteiger partial charge in [-0.1, -0.05) is 41.9 Å². The highest BCUT2D eigenvalue weighted by Gasteiger charge is 2.33. The second-order valence-electron chi connectivity index (χ2n) is 8.51. The number of para-hydroxylation sites is 1. The molecule has 6 nitrogen and oxygen atoms in total. The molecule has 2 aliphatic heterocycles. The van der Waals surface area contributed by atoms with Crippen molar-refractivity contribution in [3.05, 3.63) is 106 Å². The maximum absolute atomic E-state index is 13.6. The minimum atomic E-state index is -0.505. The van der Waals surface area contributed by atoms with Crippen LogP contribution in [0.25, 0.3) is 0 Å². The molecule has 3 aromatic rings. The van der Waals surface area contributed by atoms with E-state index in [4.69, 9.17) is 11.6 Å². The number of benzene rings is 3. The highest BCUT2D eigenvalue weighted by Crippen LogP contribution is 2.34. The summed E-state index contributed by atoms with van der Waals surface area (Å²) in [6, 6.07) is 16.1. The van der Waals surface area contributed by atoms with Gasteiger partial charge in [0.05, 0.1) is 23.7 Å². The van der Waals surface area contributed by atoms with Gasteiger partial charge in [0.2, 0.25) is 5.91 Å². The van der Waals surface area contributed by atoms with Gasteiger partial charge in [0.1, 0.15) is 5.82 Å². The number of rotatable bonds is 3. The lowest BCUT2D eigenvalue weighted by Gasteiger charge is -2.24. The largest absolute Gasteiger partial charge is 0.322 e. The number of nitrogens with zero attached hydrogens (tertiary/aromatic N) is 2. The molecule has 2 aliphatic rings. The van der Waals surface area contributed by atoms with Crippen molar-refractivity contribution in [2.24, 2.45) is 0 Å². The molecule has 0 spiro atoms. The van der Waals surface area contributed by atoms with Crippen LogP contribution in [-0.2, 0) is 11.3 Å². The zero-order valence-electron chi connectivity index (χ0n) is 18.8. The molecule has 5 rings (SSSR count). The normalized spacial score (nSPS) is 14.7. The summed E-state index contributed by atoms with van der Waals surface area (Å²) >= 11 is 6.49. The van der Waals surface area contributed by atoms with E-state index >= 15 is 0 Å². The fourth-order valence-electron chi connectivity index (χ4n) is 4.38. The molecule has 0 saturated carbocycles. The number of hydrogen-bond acceptors (Lipinski definition) is 3. The fourth-order valence-corrected chi connectivity index (χ4v) is 4.64. The summed E-state index contributed by atoms with van der Waals surface area (Å²) in [4.78, 5) is 41.9. The molecule has 0 aromatic heterocycles. The standard InChI is InChI=1S/C27H21ClFN3O3/c1-16-6-7-18(29)12-22(16)26(34)30-19-8-10-21(23(28)13-19)27(35)32-15-20-9-11-25(33)31(20)14-17-4-2-3-5-24(17)32/h2-10,12-13H,11,14-15H2,1H3,(H,30,34). The Hall–Kier alpha value is -3.97. The summed E-state index contributed by atoms with van der Waals surface area (Å²) in [5.74, 6) is -1.29. The van der Waals surface area contributed by atoms with E-state index in [0.29, 0.717) is 24.2 Å². The van der Waals surface area contributed by atoms with E-state index in [1.54, 1.807) is 28.9 Å². The predicted molar refractivity (Wildman–Crippen MR) is 132 cm³/mol. The van der Waals surface area contributed by atoms with Gasteiger partial charge in [0, 0.05) is 29.1 Å². The van der Waals surface area contributed by atoms with Crippen molar-refractivity contribution < 1.29 is 18.8 Å². The molecule has 0 radical (unpaired) electrons. The summed E-state index contributed by atoms with van der Waals surface area (Å²) < 4.78 is 13.6. The van der Waals surface area contributed by atoms with Crippen molar-refractivity contribution in [2.45, 2.75) is 19.9 Å². The Balaban J connectivity index is 1.42.